The lowest BCUT2D eigenvalue weighted by atomic mass is 9.90. The Labute approximate surface area is 174 Å². The van der Waals surface area contributed by atoms with E-state index in [1.165, 1.54) is 18.2 Å². The smallest absolute Gasteiger partial charge is 0.222 e. The van der Waals surface area contributed by atoms with Crippen LogP contribution in [0.1, 0.15) is 42.7 Å². The van der Waals surface area contributed by atoms with E-state index in [2.05, 4.69) is 5.32 Å². The second-order valence-corrected chi connectivity index (χ2v) is 8.21. The molecule has 1 heterocycles. The Kier molecular flexibility index (Phi) is 5.29. The standard InChI is InChI=1S/C24H23F2N3O/c1-14(2)24(30)28-18-6-7-22-20(10-18)19-9-16(12-27)21(26)11-23(19)29(22)13-15-4-3-5-17(25)8-15/h3-5,8-9,11,14,18H,6-7,10,13H2,1-2H3,(H,28,30). The van der Waals surface area contributed by atoms with Gasteiger partial charge < -0.3 is 9.88 Å². The van der Waals surface area contributed by atoms with Gasteiger partial charge in [-0.15, -0.1) is 0 Å². The van der Waals surface area contributed by atoms with E-state index in [0.717, 1.165) is 28.6 Å². The van der Waals surface area contributed by atoms with E-state index in [1.54, 1.807) is 12.1 Å². The molecule has 4 rings (SSSR count). The average molecular weight is 407 g/mol. The second kappa shape index (κ2) is 7.91. The molecule has 2 aromatic carbocycles. The number of nitrogens with zero attached hydrogens (tertiary/aromatic N) is 2. The van der Waals surface area contributed by atoms with Gasteiger partial charge in [-0.05, 0) is 54.7 Å². The number of fused-ring (bicyclic) bond motifs is 3. The van der Waals surface area contributed by atoms with Gasteiger partial charge in [0.15, 0.2) is 0 Å². The Balaban J connectivity index is 1.80. The maximum Gasteiger partial charge on any atom is 0.222 e. The van der Waals surface area contributed by atoms with Gasteiger partial charge in [0.1, 0.15) is 17.7 Å². The molecule has 0 aliphatic heterocycles. The van der Waals surface area contributed by atoms with Crippen molar-refractivity contribution in [3.8, 4) is 6.07 Å². The van der Waals surface area contributed by atoms with Crippen LogP contribution in [0.4, 0.5) is 8.78 Å². The Bertz CT molecular complexity index is 1170. The highest BCUT2D eigenvalue weighted by molar-refractivity contribution is 5.88. The van der Waals surface area contributed by atoms with Gasteiger partial charge >= 0.3 is 0 Å². The monoisotopic (exact) mass is 407 g/mol. The van der Waals surface area contributed by atoms with E-state index in [1.807, 2.05) is 30.6 Å². The molecule has 0 spiro atoms. The lowest BCUT2D eigenvalue weighted by Gasteiger charge is -2.26. The number of carbonyl (C=O) groups excluding carboxylic acids is 1. The largest absolute Gasteiger partial charge is 0.353 e. The van der Waals surface area contributed by atoms with Crippen molar-refractivity contribution in [2.75, 3.05) is 0 Å². The van der Waals surface area contributed by atoms with Crippen LogP contribution >= 0.6 is 0 Å². The molecule has 0 fully saturated rings. The molecule has 1 amide bonds. The number of nitrogens with one attached hydrogen (secondary N) is 1. The number of hydrogen-bond acceptors (Lipinski definition) is 2. The minimum Gasteiger partial charge on any atom is -0.353 e. The number of aromatic nitrogens is 1. The molecule has 0 saturated carbocycles. The first kappa shape index (κ1) is 20.1. The van der Waals surface area contributed by atoms with Gasteiger partial charge in [-0.25, -0.2) is 8.78 Å². The summed E-state index contributed by atoms with van der Waals surface area (Å²) in [4.78, 5) is 12.2. The van der Waals surface area contributed by atoms with Crippen LogP contribution in [0.25, 0.3) is 10.9 Å². The van der Waals surface area contributed by atoms with E-state index in [0.29, 0.717) is 24.9 Å². The van der Waals surface area contributed by atoms with Crippen molar-refractivity contribution in [3.05, 3.63) is 70.4 Å². The predicted molar refractivity (Wildman–Crippen MR) is 111 cm³/mol. The Morgan fingerprint density at radius 3 is 2.80 bits per heavy atom. The number of benzene rings is 2. The molecule has 1 aliphatic rings. The van der Waals surface area contributed by atoms with Gasteiger partial charge in [-0.2, -0.15) is 5.26 Å². The number of amides is 1. The fourth-order valence-electron chi connectivity index (χ4n) is 4.24. The van der Waals surface area contributed by atoms with Gasteiger partial charge in [0, 0.05) is 29.6 Å². The third-order valence-electron chi connectivity index (χ3n) is 5.78. The summed E-state index contributed by atoms with van der Waals surface area (Å²) >= 11 is 0. The molecule has 1 aliphatic carbocycles. The van der Waals surface area contributed by atoms with Crippen molar-refractivity contribution in [1.82, 2.24) is 9.88 Å². The maximum atomic E-state index is 14.5. The van der Waals surface area contributed by atoms with Crippen LogP contribution in [0, 0.1) is 28.9 Å². The Morgan fingerprint density at radius 1 is 1.30 bits per heavy atom. The number of carbonyl (C=O) groups is 1. The quantitative estimate of drug-likeness (QED) is 0.694. The number of hydrogen-bond donors (Lipinski definition) is 1. The molecular weight excluding hydrogens is 384 g/mol. The van der Waals surface area contributed by atoms with Crippen molar-refractivity contribution in [2.24, 2.45) is 5.92 Å². The Hall–Kier alpha value is -3.20. The number of nitriles is 1. The van der Waals surface area contributed by atoms with E-state index in [4.69, 9.17) is 0 Å². The highest BCUT2D eigenvalue weighted by Gasteiger charge is 2.27. The molecule has 0 saturated heterocycles. The molecular formula is C24H23F2N3O. The molecule has 1 unspecified atom stereocenters. The van der Waals surface area contributed by atoms with Crippen molar-refractivity contribution in [3.63, 3.8) is 0 Å². The van der Waals surface area contributed by atoms with Crippen molar-refractivity contribution in [1.29, 1.82) is 5.26 Å². The zero-order valence-electron chi connectivity index (χ0n) is 17.0. The van der Waals surface area contributed by atoms with E-state index >= 15 is 0 Å². The molecule has 3 aromatic rings. The minimum atomic E-state index is -0.565. The van der Waals surface area contributed by atoms with E-state index in [-0.39, 0.29) is 29.2 Å². The third kappa shape index (κ3) is 3.68. The first-order valence-electron chi connectivity index (χ1n) is 10.2. The van der Waals surface area contributed by atoms with Crippen molar-refractivity contribution in [2.45, 2.75) is 45.7 Å². The van der Waals surface area contributed by atoms with Crippen LogP contribution in [0.3, 0.4) is 0 Å². The fraction of sp³-hybridized carbons (Fsp3) is 0.333. The second-order valence-electron chi connectivity index (χ2n) is 8.21. The van der Waals surface area contributed by atoms with Crippen LogP contribution < -0.4 is 5.32 Å². The summed E-state index contributed by atoms with van der Waals surface area (Å²) in [7, 11) is 0. The Morgan fingerprint density at radius 2 is 2.10 bits per heavy atom. The third-order valence-corrected chi connectivity index (χ3v) is 5.78. The minimum absolute atomic E-state index is 0.00143. The maximum absolute atomic E-state index is 14.5. The molecule has 6 heteroatoms. The molecule has 1 aromatic heterocycles. The summed E-state index contributed by atoms with van der Waals surface area (Å²) in [5.74, 6) is -0.965. The molecule has 0 radical (unpaired) electrons. The summed E-state index contributed by atoms with van der Waals surface area (Å²) in [6, 6.07) is 11.3. The highest BCUT2D eigenvalue weighted by atomic mass is 19.1. The zero-order chi connectivity index (χ0) is 21.4. The van der Waals surface area contributed by atoms with Gasteiger partial charge in [-0.1, -0.05) is 26.0 Å². The summed E-state index contributed by atoms with van der Waals surface area (Å²) in [5, 5.41) is 13.2. The first-order chi connectivity index (χ1) is 14.4. The van der Waals surface area contributed by atoms with Gasteiger partial charge in [0.25, 0.3) is 0 Å². The lowest BCUT2D eigenvalue weighted by molar-refractivity contribution is -0.124. The normalized spacial score (nSPS) is 15.8. The summed E-state index contributed by atoms with van der Waals surface area (Å²) < 4.78 is 30.2. The van der Waals surface area contributed by atoms with Crippen molar-refractivity contribution >= 4 is 16.8 Å². The lowest BCUT2D eigenvalue weighted by Crippen LogP contribution is -2.41. The summed E-state index contributed by atoms with van der Waals surface area (Å²) in [5.41, 5.74) is 3.56. The number of halogens is 2. The SMILES string of the molecule is CC(C)C(=O)NC1CCc2c(c3cc(C#N)c(F)cc3n2Cc2cccc(F)c2)C1. The highest BCUT2D eigenvalue weighted by Crippen LogP contribution is 2.34. The predicted octanol–water partition coefficient (Wildman–Crippen LogP) is 4.47. The van der Waals surface area contributed by atoms with Crippen LogP contribution in [-0.4, -0.2) is 16.5 Å². The molecule has 1 N–H and O–H groups in total. The topological polar surface area (TPSA) is 57.8 Å². The van der Waals surface area contributed by atoms with Crippen LogP contribution in [0.2, 0.25) is 0 Å². The molecule has 4 nitrogen and oxygen atoms in total. The zero-order valence-corrected chi connectivity index (χ0v) is 17.0. The van der Waals surface area contributed by atoms with E-state index in [9.17, 15) is 18.8 Å². The van der Waals surface area contributed by atoms with Crippen LogP contribution in [-0.2, 0) is 24.2 Å². The first-order valence-corrected chi connectivity index (χ1v) is 10.2. The van der Waals surface area contributed by atoms with Gasteiger partial charge in [-0.3, -0.25) is 4.79 Å². The van der Waals surface area contributed by atoms with Crippen LogP contribution in [0.15, 0.2) is 36.4 Å². The molecule has 30 heavy (non-hydrogen) atoms. The van der Waals surface area contributed by atoms with Gasteiger partial charge in [0.05, 0.1) is 11.1 Å². The van der Waals surface area contributed by atoms with Gasteiger partial charge in [0.2, 0.25) is 5.91 Å². The number of rotatable bonds is 4. The molecule has 1 atom stereocenters. The molecule has 0 bridgehead atoms. The summed E-state index contributed by atoms with van der Waals surface area (Å²) in [6.45, 7) is 4.13. The summed E-state index contributed by atoms with van der Waals surface area (Å²) in [6.07, 6.45) is 2.11. The van der Waals surface area contributed by atoms with Crippen LogP contribution in [0.5, 0.6) is 0 Å². The molecule has 154 valence electrons. The van der Waals surface area contributed by atoms with Crippen molar-refractivity contribution < 1.29 is 13.6 Å². The fourth-order valence-corrected chi connectivity index (χ4v) is 4.24. The van der Waals surface area contributed by atoms with E-state index < -0.39 is 5.82 Å². The average Bonchev–Trinajstić information content (AvgIpc) is 2.99.